The Balaban J connectivity index is 2.76. The number of carbonyl (C=O) groups excluding carboxylic acids is 1. The van der Waals surface area contributed by atoms with Crippen LogP contribution >= 0.6 is 0 Å². The molecule has 0 aromatic heterocycles. The van der Waals surface area contributed by atoms with Crippen LogP contribution in [-0.2, 0) is 10.9 Å². The molecule has 0 saturated heterocycles. The number of ketones is 1. The maximum absolute atomic E-state index is 13.0. The van der Waals surface area contributed by atoms with E-state index >= 15 is 0 Å². The first-order valence-electron chi connectivity index (χ1n) is 5.84. The standard InChI is InChI=1S/C13H14F4O2/c1-2-6-19-7-5-12(18)9-3-4-11(14)10(8-9)13(15,16)17/h3-4,8H,2,5-7H2,1H3. The van der Waals surface area contributed by atoms with E-state index in [2.05, 4.69) is 0 Å². The molecule has 0 N–H and O–H groups in total. The van der Waals surface area contributed by atoms with Gasteiger partial charge in [-0.15, -0.1) is 0 Å². The third-order valence-electron chi connectivity index (χ3n) is 2.42. The topological polar surface area (TPSA) is 26.3 Å². The molecule has 0 radical (unpaired) electrons. The lowest BCUT2D eigenvalue weighted by atomic mass is 10.0. The van der Waals surface area contributed by atoms with Gasteiger partial charge < -0.3 is 4.74 Å². The monoisotopic (exact) mass is 278 g/mol. The number of Topliss-reactive ketones (excluding diaryl/α,β-unsaturated/α-hetero) is 1. The van der Waals surface area contributed by atoms with Crippen LogP contribution in [0.2, 0.25) is 0 Å². The van der Waals surface area contributed by atoms with Gasteiger partial charge in [0.2, 0.25) is 0 Å². The fourth-order valence-electron chi connectivity index (χ4n) is 1.47. The predicted octanol–water partition coefficient (Wildman–Crippen LogP) is 3.84. The summed E-state index contributed by atoms with van der Waals surface area (Å²) in [4.78, 5) is 11.6. The van der Waals surface area contributed by atoms with Crippen molar-refractivity contribution in [2.45, 2.75) is 25.9 Å². The molecule has 1 aromatic carbocycles. The molecule has 19 heavy (non-hydrogen) atoms. The summed E-state index contributed by atoms with van der Waals surface area (Å²) < 4.78 is 55.5. The normalized spacial score (nSPS) is 11.6. The molecule has 0 spiro atoms. The van der Waals surface area contributed by atoms with Crippen LogP contribution in [-0.4, -0.2) is 19.0 Å². The summed E-state index contributed by atoms with van der Waals surface area (Å²) in [5.74, 6) is -1.88. The summed E-state index contributed by atoms with van der Waals surface area (Å²) in [6.07, 6.45) is -4.04. The Morgan fingerprint density at radius 1 is 1.26 bits per heavy atom. The minimum absolute atomic E-state index is 0.0249. The number of alkyl halides is 3. The van der Waals surface area contributed by atoms with E-state index in [0.29, 0.717) is 18.7 Å². The van der Waals surface area contributed by atoms with Gasteiger partial charge in [-0.25, -0.2) is 4.39 Å². The van der Waals surface area contributed by atoms with E-state index in [9.17, 15) is 22.4 Å². The molecule has 0 heterocycles. The molecule has 1 aromatic rings. The minimum Gasteiger partial charge on any atom is -0.381 e. The smallest absolute Gasteiger partial charge is 0.381 e. The highest BCUT2D eigenvalue weighted by atomic mass is 19.4. The third kappa shape index (κ3) is 4.63. The zero-order valence-corrected chi connectivity index (χ0v) is 10.4. The van der Waals surface area contributed by atoms with Crippen LogP contribution in [0.3, 0.4) is 0 Å². The average molecular weight is 278 g/mol. The van der Waals surface area contributed by atoms with Crippen molar-refractivity contribution in [3.05, 3.63) is 35.1 Å². The van der Waals surface area contributed by atoms with Gasteiger partial charge in [0, 0.05) is 18.6 Å². The van der Waals surface area contributed by atoms with Crippen LogP contribution in [0.1, 0.15) is 35.7 Å². The second kappa shape index (κ2) is 6.65. The van der Waals surface area contributed by atoms with Crippen LogP contribution in [0.4, 0.5) is 17.6 Å². The van der Waals surface area contributed by atoms with Gasteiger partial charge in [0.05, 0.1) is 12.2 Å². The summed E-state index contributed by atoms with van der Waals surface area (Å²) in [7, 11) is 0. The Kier molecular flexibility index (Phi) is 5.47. The largest absolute Gasteiger partial charge is 0.419 e. The quantitative estimate of drug-likeness (QED) is 0.449. The van der Waals surface area contributed by atoms with E-state index < -0.39 is 23.3 Å². The van der Waals surface area contributed by atoms with E-state index in [1.807, 2.05) is 6.92 Å². The van der Waals surface area contributed by atoms with Gasteiger partial charge in [-0.05, 0) is 24.6 Å². The molecule has 0 aliphatic rings. The number of hydrogen-bond donors (Lipinski definition) is 0. The van der Waals surface area contributed by atoms with Crippen LogP contribution in [0.15, 0.2) is 18.2 Å². The summed E-state index contributed by atoms with van der Waals surface area (Å²) in [6.45, 7) is 2.54. The maximum Gasteiger partial charge on any atom is 0.419 e. The fraction of sp³-hybridized carbons (Fsp3) is 0.462. The van der Waals surface area contributed by atoms with Crippen LogP contribution in [0.25, 0.3) is 0 Å². The molecule has 0 atom stereocenters. The summed E-state index contributed by atoms with van der Waals surface area (Å²) in [6, 6.07) is 2.24. The van der Waals surface area contributed by atoms with Crippen LogP contribution < -0.4 is 0 Å². The average Bonchev–Trinajstić information content (AvgIpc) is 2.33. The fourth-order valence-corrected chi connectivity index (χ4v) is 1.47. The molecule has 6 heteroatoms. The Morgan fingerprint density at radius 2 is 1.95 bits per heavy atom. The highest BCUT2D eigenvalue weighted by Crippen LogP contribution is 2.32. The van der Waals surface area contributed by atoms with Crippen molar-refractivity contribution in [1.29, 1.82) is 0 Å². The number of carbonyl (C=O) groups is 1. The molecule has 0 amide bonds. The van der Waals surface area contributed by atoms with Gasteiger partial charge in [-0.3, -0.25) is 4.79 Å². The number of rotatable bonds is 6. The van der Waals surface area contributed by atoms with Gasteiger partial charge in [0.25, 0.3) is 0 Å². The van der Waals surface area contributed by atoms with Crippen molar-refractivity contribution in [2.75, 3.05) is 13.2 Å². The second-order valence-electron chi connectivity index (χ2n) is 3.98. The number of ether oxygens (including phenoxy) is 1. The number of benzene rings is 1. The number of hydrogen-bond acceptors (Lipinski definition) is 2. The SMILES string of the molecule is CCCOCCC(=O)c1ccc(F)c(C(F)(F)F)c1. The molecule has 2 nitrogen and oxygen atoms in total. The lowest BCUT2D eigenvalue weighted by Crippen LogP contribution is -2.11. The first-order chi connectivity index (χ1) is 8.86. The van der Waals surface area contributed by atoms with E-state index in [0.717, 1.165) is 12.5 Å². The van der Waals surface area contributed by atoms with Gasteiger partial charge in [-0.1, -0.05) is 6.92 Å². The highest BCUT2D eigenvalue weighted by molar-refractivity contribution is 5.96. The summed E-state index contributed by atoms with van der Waals surface area (Å²) >= 11 is 0. The maximum atomic E-state index is 13.0. The van der Waals surface area contributed by atoms with E-state index in [-0.39, 0.29) is 18.6 Å². The van der Waals surface area contributed by atoms with Crippen molar-refractivity contribution in [3.63, 3.8) is 0 Å². The van der Waals surface area contributed by atoms with E-state index in [1.165, 1.54) is 0 Å². The summed E-state index contributed by atoms with van der Waals surface area (Å²) in [5, 5.41) is 0. The molecule has 0 fully saturated rings. The lowest BCUT2D eigenvalue weighted by Gasteiger charge is -2.09. The van der Waals surface area contributed by atoms with Crippen LogP contribution in [0.5, 0.6) is 0 Å². The molecule has 0 bridgehead atoms. The molecule has 106 valence electrons. The molecule has 0 unspecified atom stereocenters. The third-order valence-corrected chi connectivity index (χ3v) is 2.42. The zero-order valence-electron chi connectivity index (χ0n) is 10.4. The number of halogens is 4. The van der Waals surface area contributed by atoms with Crippen molar-refractivity contribution >= 4 is 5.78 Å². The van der Waals surface area contributed by atoms with Gasteiger partial charge in [0.15, 0.2) is 5.78 Å². The van der Waals surface area contributed by atoms with Crippen LogP contribution in [0, 0.1) is 5.82 Å². The molecule has 0 aliphatic carbocycles. The lowest BCUT2D eigenvalue weighted by molar-refractivity contribution is -0.140. The molecular formula is C13H14F4O2. The van der Waals surface area contributed by atoms with E-state index in [4.69, 9.17) is 4.74 Å². The Morgan fingerprint density at radius 3 is 2.53 bits per heavy atom. The Bertz CT molecular complexity index is 441. The zero-order chi connectivity index (χ0) is 14.5. The van der Waals surface area contributed by atoms with Crippen molar-refractivity contribution < 1.29 is 27.1 Å². The van der Waals surface area contributed by atoms with Crippen molar-refractivity contribution in [2.24, 2.45) is 0 Å². The van der Waals surface area contributed by atoms with Crippen molar-refractivity contribution in [1.82, 2.24) is 0 Å². The van der Waals surface area contributed by atoms with Gasteiger partial charge in [-0.2, -0.15) is 13.2 Å². The van der Waals surface area contributed by atoms with Crippen molar-refractivity contribution in [3.8, 4) is 0 Å². The Hall–Kier alpha value is -1.43. The first kappa shape index (κ1) is 15.6. The first-order valence-corrected chi connectivity index (χ1v) is 5.84. The molecule has 1 rings (SSSR count). The van der Waals surface area contributed by atoms with E-state index in [1.54, 1.807) is 0 Å². The Labute approximate surface area is 108 Å². The predicted molar refractivity (Wildman–Crippen MR) is 61.5 cm³/mol. The molecule has 0 aliphatic heterocycles. The molecule has 0 saturated carbocycles. The molecular weight excluding hydrogens is 264 g/mol. The van der Waals surface area contributed by atoms with Gasteiger partial charge in [0.1, 0.15) is 5.82 Å². The summed E-state index contributed by atoms with van der Waals surface area (Å²) in [5.41, 5.74) is -1.58. The highest BCUT2D eigenvalue weighted by Gasteiger charge is 2.34. The minimum atomic E-state index is -4.81. The van der Waals surface area contributed by atoms with Gasteiger partial charge >= 0.3 is 6.18 Å². The second-order valence-corrected chi connectivity index (χ2v) is 3.98.